The van der Waals surface area contributed by atoms with E-state index in [-0.39, 0.29) is 13.0 Å². The van der Waals surface area contributed by atoms with Crippen molar-refractivity contribution in [3.8, 4) is 28.7 Å². The molecule has 0 fully saturated rings. The number of aryl methyl sites for hydroxylation is 1. The van der Waals surface area contributed by atoms with Crippen molar-refractivity contribution in [3.05, 3.63) is 88.4 Å². The second kappa shape index (κ2) is 9.12. The molecule has 3 aromatic rings. The minimum atomic E-state index is -0.836. The predicted molar refractivity (Wildman–Crippen MR) is 112 cm³/mol. The molecule has 0 amide bonds. The first-order valence-corrected chi connectivity index (χ1v) is 9.18. The lowest BCUT2D eigenvalue weighted by atomic mass is 10.0. The maximum absolute atomic E-state index is 10.9. The van der Waals surface area contributed by atoms with Crippen molar-refractivity contribution < 1.29 is 14.6 Å². The summed E-state index contributed by atoms with van der Waals surface area (Å²) in [6.07, 6.45) is 0.0163. The second-order valence-corrected chi connectivity index (χ2v) is 6.78. The lowest BCUT2D eigenvalue weighted by Crippen LogP contribution is -1.99. The zero-order valence-electron chi connectivity index (χ0n) is 15.4. The number of ether oxygens (including phenoxy) is 1. The molecule has 0 unspecified atom stereocenters. The van der Waals surface area contributed by atoms with Crippen molar-refractivity contribution >= 4 is 17.6 Å². The largest absolute Gasteiger partial charge is 0.481 e. The van der Waals surface area contributed by atoms with Gasteiger partial charge in [0.1, 0.15) is 12.4 Å². The fourth-order valence-electron chi connectivity index (χ4n) is 2.76. The summed E-state index contributed by atoms with van der Waals surface area (Å²) in [5.41, 5.74) is 4.73. The fourth-order valence-corrected chi connectivity index (χ4v) is 3.05. The molecule has 3 nitrogen and oxygen atoms in total. The van der Waals surface area contributed by atoms with Gasteiger partial charge in [0.05, 0.1) is 11.4 Å². The molecule has 0 heterocycles. The van der Waals surface area contributed by atoms with Gasteiger partial charge in [0.15, 0.2) is 0 Å². The summed E-state index contributed by atoms with van der Waals surface area (Å²) < 4.78 is 5.60. The van der Waals surface area contributed by atoms with Crippen LogP contribution in [0.5, 0.6) is 5.75 Å². The van der Waals surface area contributed by atoms with Crippen molar-refractivity contribution in [2.24, 2.45) is 0 Å². The van der Waals surface area contributed by atoms with E-state index in [1.165, 1.54) is 0 Å². The van der Waals surface area contributed by atoms with Crippen LogP contribution in [0.25, 0.3) is 11.1 Å². The third-order valence-electron chi connectivity index (χ3n) is 4.12. The normalized spacial score (nSPS) is 10.1. The van der Waals surface area contributed by atoms with Crippen LogP contribution in [0.15, 0.2) is 66.7 Å². The van der Waals surface area contributed by atoms with Crippen LogP contribution >= 0.6 is 11.6 Å². The number of benzene rings is 3. The first-order chi connectivity index (χ1) is 13.5. The second-order valence-electron chi connectivity index (χ2n) is 6.37. The number of aliphatic carboxylic acids is 1. The van der Waals surface area contributed by atoms with E-state index < -0.39 is 5.97 Å². The van der Waals surface area contributed by atoms with E-state index in [9.17, 15) is 4.79 Å². The molecule has 3 aromatic carbocycles. The molecule has 140 valence electrons. The maximum atomic E-state index is 10.9. The topological polar surface area (TPSA) is 46.5 Å². The number of rotatable bonds is 5. The number of halogens is 1. The quantitative estimate of drug-likeness (QED) is 0.595. The Morgan fingerprint density at radius 2 is 1.82 bits per heavy atom. The molecule has 0 bridgehead atoms. The van der Waals surface area contributed by atoms with Crippen LogP contribution in [0.1, 0.15) is 16.7 Å². The standard InChI is InChI=1S/C24H19ClO3/c1-17-7-12-23(22(25)14-17)28-13-3-5-18-8-10-20(11-9-18)21-6-2-4-19(15-21)16-24(26)27/h2,4,6-12,14-15H,13,16H2,1H3,(H,26,27). The van der Waals surface area contributed by atoms with Gasteiger partial charge in [0.2, 0.25) is 0 Å². The van der Waals surface area contributed by atoms with Crippen molar-refractivity contribution in [2.75, 3.05) is 6.61 Å². The van der Waals surface area contributed by atoms with Crippen molar-refractivity contribution in [3.63, 3.8) is 0 Å². The zero-order chi connectivity index (χ0) is 19.9. The Balaban J connectivity index is 1.64. The molecule has 0 radical (unpaired) electrons. The monoisotopic (exact) mass is 390 g/mol. The van der Waals surface area contributed by atoms with E-state index in [4.69, 9.17) is 21.4 Å². The Morgan fingerprint density at radius 1 is 1.04 bits per heavy atom. The van der Waals surface area contributed by atoms with Gasteiger partial charge in [0.25, 0.3) is 0 Å². The van der Waals surface area contributed by atoms with E-state index in [0.29, 0.717) is 10.8 Å². The molecular formula is C24H19ClO3. The van der Waals surface area contributed by atoms with Gasteiger partial charge >= 0.3 is 5.97 Å². The summed E-state index contributed by atoms with van der Waals surface area (Å²) in [6, 6.07) is 21.0. The third-order valence-corrected chi connectivity index (χ3v) is 4.42. The molecule has 0 saturated heterocycles. The van der Waals surface area contributed by atoms with Crippen molar-refractivity contribution in [2.45, 2.75) is 13.3 Å². The Bertz CT molecular complexity index is 1040. The van der Waals surface area contributed by atoms with E-state index in [0.717, 1.165) is 27.8 Å². The number of carboxylic acids is 1. The maximum Gasteiger partial charge on any atom is 0.307 e. The molecular weight excluding hydrogens is 372 g/mol. The molecule has 1 N–H and O–H groups in total. The molecule has 3 rings (SSSR count). The van der Waals surface area contributed by atoms with Crippen molar-refractivity contribution in [1.82, 2.24) is 0 Å². The first-order valence-electron chi connectivity index (χ1n) is 8.80. The highest BCUT2D eigenvalue weighted by Gasteiger charge is 2.03. The van der Waals surface area contributed by atoms with Gasteiger partial charge < -0.3 is 9.84 Å². The minimum Gasteiger partial charge on any atom is -0.481 e. The number of carboxylic acid groups (broad SMARTS) is 1. The molecule has 0 aliphatic carbocycles. The summed E-state index contributed by atoms with van der Waals surface area (Å²) in [6.45, 7) is 2.23. The minimum absolute atomic E-state index is 0.0163. The molecule has 4 heteroatoms. The van der Waals surface area contributed by atoms with Gasteiger partial charge in [-0.15, -0.1) is 0 Å². The summed E-state index contributed by atoms with van der Waals surface area (Å²) >= 11 is 6.13. The molecule has 0 aliphatic heterocycles. The van der Waals surface area contributed by atoms with E-state index in [2.05, 4.69) is 11.8 Å². The lowest BCUT2D eigenvalue weighted by Gasteiger charge is -2.05. The molecule has 0 aliphatic rings. The Labute approximate surface area is 169 Å². The molecule has 0 aromatic heterocycles. The van der Waals surface area contributed by atoms with Gasteiger partial charge in [-0.2, -0.15) is 0 Å². The smallest absolute Gasteiger partial charge is 0.307 e. The summed E-state index contributed by atoms with van der Waals surface area (Å²) in [5.74, 6) is 5.84. The average molecular weight is 391 g/mol. The summed E-state index contributed by atoms with van der Waals surface area (Å²) in [7, 11) is 0. The number of hydrogen-bond donors (Lipinski definition) is 1. The van der Waals surface area contributed by atoms with Gasteiger partial charge in [-0.05, 0) is 53.4 Å². The Kier molecular flexibility index (Phi) is 6.37. The molecule has 0 saturated carbocycles. The highest BCUT2D eigenvalue weighted by molar-refractivity contribution is 6.32. The van der Waals surface area contributed by atoms with Gasteiger partial charge in [-0.1, -0.05) is 65.9 Å². The number of carbonyl (C=O) groups is 1. The van der Waals surface area contributed by atoms with Crippen LogP contribution in [0.4, 0.5) is 0 Å². The molecule has 28 heavy (non-hydrogen) atoms. The third kappa shape index (κ3) is 5.39. The lowest BCUT2D eigenvalue weighted by molar-refractivity contribution is -0.136. The Hall–Kier alpha value is -3.22. The Morgan fingerprint density at radius 3 is 2.54 bits per heavy atom. The van der Waals surface area contributed by atoms with Crippen molar-refractivity contribution in [1.29, 1.82) is 0 Å². The van der Waals surface area contributed by atoms with Gasteiger partial charge in [-0.3, -0.25) is 4.79 Å². The van der Waals surface area contributed by atoms with Crippen LogP contribution in [-0.2, 0) is 11.2 Å². The first kappa shape index (κ1) is 19.5. The fraction of sp³-hybridized carbons (Fsp3) is 0.125. The summed E-state index contributed by atoms with van der Waals surface area (Å²) in [4.78, 5) is 10.9. The molecule has 0 spiro atoms. The van der Waals surface area contributed by atoms with Crippen LogP contribution in [0, 0.1) is 18.8 Å². The van der Waals surface area contributed by atoms with Crippen LogP contribution in [-0.4, -0.2) is 17.7 Å². The molecule has 0 atom stereocenters. The van der Waals surface area contributed by atoms with E-state index in [1.807, 2.05) is 73.7 Å². The van der Waals surface area contributed by atoms with Gasteiger partial charge in [0, 0.05) is 5.56 Å². The summed E-state index contributed by atoms with van der Waals surface area (Å²) in [5, 5.41) is 9.51. The van der Waals surface area contributed by atoms with E-state index in [1.54, 1.807) is 0 Å². The SMILES string of the molecule is Cc1ccc(OCC#Cc2ccc(-c3cccc(CC(=O)O)c3)cc2)c(Cl)c1. The highest BCUT2D eigenvalue weighted by atomic mass is 35.5. The highest BCUT2D eigenvalue weighted by Crippen LogP contribution is 2.25. The van der Waals surface area contributed by atoms with E-state index >= 15 is 0 Å². The number of hydrogen-bond acceptors (Lipinski definition) is 2. The van der Waals surface area contributed by atoms with Crippen LogP contribution < -0.4 is 4.74 Å². The zero-order valence-corrected chi connectivity index (χ0v) is 16.2. The van der Waals surface area contributed by atoms with Crippen LogP contribution in [0.3, 0.4) is 0 Å². The van der Waals surface area contributed by atoms with Gasteiger partial charge in [-0.25, -0.2) is 0 Å². The van der Waals surface area contributed by atoms with Crippen LogP contribution in [0.2, 0.25) is 5.02 Å². The predicted octanol–water partition coefficient (Wildman–Crippen LogP) is 5.37. The average Bonchev–Trinajstić information content (AvgIpc) is 2.67.